The number of rotatable bonds is 4. The zero-order chi connectivity index (χ0) is 56.7. The summed E-state index contributed by atoms with van der Waals surface area (Å²) in [5, 5.41) is 32.7. The molecule has 8 rings (SSSR count). The zero-order valence-electron chi connectivity index (χ0n) is 43.9. The van der Waals surface area contributed by atoms with Crippen LogP contribution in [-0.4, -0.2) is 199 Å². The summed E-state index contributed by atoms with van der Waals surface area (Å²) in [6, 6.07) is 6.85. The van der Waals surface area contributed by atoms with Crippen molar-refractivity contribution in [1.82, 2.24) is 50.8 Å². The zero-order valence-corrected chi connectivity index (χ0v) is 45.6. The van der Waals surface area contributed by atoms with Gasteiger partial charge in [0.15, 0.2) is 11.4 Å². The standard InChI is InChI=1S/C52H60N10O14S2/c1-25-19-51(25)49(73)75-21-33(57-43(67)39-37(63)17-29-13-9-11-15-31(29)55-39)41(65)53-28(4)46(70)60(6)36-24-78-77-23-35(47(71)61(51)7)59(5)45(69)27(3)54-42(66)34(22-76-50(74)52(20-26(52)2)62(8)48(36)72)58-44(68)40-38(64)18-30-14-10-12-16-32(30)56-40/h9-18,25-28,33-36,63-64H,19-24H2,1-8H3,(H,53,65)(H,54,66)(H,57,67)(H,58,68). The van der Waals surface area contributed by atoms with Crippen LogP contribution in [0.3, 0.4) is 0 Å². The molecule has 26 heteroatoms. The van der Waals surface area contributed by atoms with Crippen LogP contribution >= 0.6 is 21.6 Å². The number of likely N-dealkylation sites (N-methyl/N-ethyl adjacent to an activating group) is 4. The van der Waals surface area contributed by atoms with E-state index in [1.54, 1.807) is 62.4 Å². The lowest BCUT2D eigenvalue weighted by atomic mass is 10.1. The summed E-state index contributed by atoms with van der Waals surface area (Å²) >= 11 is 0. The van der Waals surface area contributed by atoms with E-state index < -0.39 is 154 Å². The van der Waals surface area contributed by atoms with Crippen molar-refractivity contribution < 1.29 is 67.6 Å². The number of amides is 8. The number of aromatic nitrogens is 2. The number of ether oxygens (including phenoxy) is 2. The average Bonchev–Trinajstić information content (AvgIpc) is 4.47. The molecule has 2 spiro atoms. The van der Waals surface area contributed by atoms with Gasteiger partial charge in [0.05, 0.1) is 11.0 Å². The Hall–Kier alpha value is -7.74. The highest BCUT2D eigenvalue weighted by Crippen LogP contribution is 2.50. The van der Waals surface area contributed by atoms with Gasteiger partial charge in [0, 0.05) is 50.5 Å². The van der Waals surface area contributed by atoms with Crippen molar-refractivity contribution in [2.24, 2.45) is 11.8 Å². The molecule has 2 aromatic heterocycles. The van der Waals surface area contributed by atoms with Crippen molar-refractivity contribution in [1.29, 1.82) is 0 Å². The van der Waals surface area contributed by atoms with Gasteiger partial charge in [-0.05, 0) is 62.8 Å². The van der Waals surface area contributed by atoms with Crippen molar-refractivity contribution in [2.75, 3.05) is 52.9 Å². The predicted molar refractivity (Wildman–Crippen MR) is 283 cm³/mol. The van der Waals surface area contributed by atoms with Crippen molar-refractivity contribution in [2.45, 2.75) is 87.9 Å². The van der Waals surface area contributed by atoms with E-state index in [1.807, 2.05) is 0 Å². The Morgan fingerprint density at radius 3 is 1.28 bits per heavy atom. The minimum atomic E-state index is -1.74. The highest BCUT2D eigenvalue weighted by Gasteiger charge is 2.65. The normalized spacial score (nSPS) is 29.2. The minimum absolute atomic E-state index is 0.0877. The van der Waals surface area contributed by atoms with Crippen molar-refractivity contribution in [3.8, 4) is 11.5 Å². The number of pyridine rings is 2. The monoisotopic (exact) mass is 1110 g/mol. The van der Waals surface area contributed by atoms with Gasteiger partial charge in [-0.15, -0.1) is 0 Å². The van der Waals surface area contributed by atoms with E-state index in [4.69, 9.17) is 9.47 Å². The number of hydrogen-bond acceptors (Lipinski definition) is 18. The Bertz CT molecular complexity index is 2940. The second-order valence-corrected chi connectivity index (χ2v) is 22.7. The van der Waals surface area contributed by atoms with E-state index in [9.17, 15) is 58.2 Å². The molecule has 8 amide bonds. The molecule has 10 unspecified atom stereocenters. The summed E-state index contributed by atoms with van der Waals surface area (Å²) in [6.45, 7) is 4.36. The maximum Gasteiger partial charge on any atom is 0.332 e. The number of hydrogen-bond donors (Lipinski definition) is 6. The summed E-state index contributed by atoms with van der Waals surface area (Å²) in [4.78, 5) is 157. The van der Waals surface area contributed by atoms with Gasteiger partial charge < -0.3 is 60.6 Å². The Morgan fingerprint density at radius 2 is 0.936 bits per heavy atom. The summed E-state index contributed by atoms with van der Waals surface area (Å²) in [5.74, 6) is -11.6. The van der Waals surface area contributed by atoms with E-state index in [1.165, 1.54) is 54.2 Å². The van der Waals surface area contributed by atoms with Gasteiger partial charge in [-0.2, -0.15) is 0 Å². The van der Waals surface area contributed by atoms with Crippen LogP contribution in [0.4, 0.5) is 0 Å². The Labute approximate surface area is 455 Å². The molecule has 2 aliphatic heterocycles. The Morgan fingerprint density at radius 1 is 0.590 bits per heavy atom. The number of carbonyl (C=O) groups excluding carboxylic acids is 10. The van der Waals surface area contributed by atoms with Gasteiger partial charge in [0.2, 0.25) is 35.4 Å². The second-order valence-electron chi connectivity index (χ2n) is 20.2. The fraction of sp³-hybridized carbons (Fsp3) is 0.462. The van der Waals surface area contributed by atoms with Gasteiger partial charge in [-0.25, -0.2) is 19.6 Å². The molecule has 2 aliphatic carbocycles. The largest absolute Gasteiger partial charge is 0.505 e. The number of esters is 2. The van der Waals surface area contributed by atoms with Crippen LogP contribution in [0.5, 0.6) is 11.5 Å². The smallest absolute Gasteiger partial charge is 0.332 e. The van der Waals surface area contributed by atoms with Gasteiger partial charge in [-0.3, -0.25) is 38.4 Å². The Kier molecular flexibility index (Phi) is 16.2. The first-order valence-corrected chi connectivity index (χ1v) is 27.5. The molecule has 78 heavy (non-hydrogen) atoms. The molecular formula is C52H60N10O14S2. The lowest BCUT2D eigenvalue weighted by Gasteiger charge is -2.37. The quantitative estimate of drug-likeness (QED) is 0.121. The molecule has 24 nitrogen and oxygen atoms in total. The molecular weight excluding hydrogens is 1050 g/mol. The van der Waals surface area contributed by atoms with E-state index in [0.717, 1.165) is 41.2 Å². The fourth-order valence-electron chi connectivity index (χ4n) is 9.96. The van der Waals surface area contributed by atoms with Crippen molar-refractivity contribution in [3.05, 3.63) is 72.1 Å². The molecule has 4 aliphatic rings. The van der Waals surface area contributed by atoms with Crippen LogP contribution in [0.2, 0.25) is 0 Å². The first-order chi connectivity index (χ1) is 36.9. The van der Waals surface area contributed by atoms with Gasteiger partial charge in [-0.1, -0.05) is 71.8 Å². The lowest BCUT2D eigenvalue weighted by Crippen LogP contribution is -2.61. The van der Waals surface area contributed by atoms with Crippen LogP contribution in [0.1, 0.15) is 61.5 Å². The molecule has 4 aromatic rings. The molecule has 6 N–H and O–H groups in total. The molecule has 4 heterocycles. The average molecular weight is 1110 g/mol. The molecule has 0 radical (unpaired) electrons. The highest BCUT2D eigenvalue weighted by atomic mass is 33.1. The summed E-state index contributed by atoms with van der Waals surface area (Å²) < 4.78 is 11.5. The summed E-state index contributed by atoms with van der Waals surface area (Å²) in [5.41, 5.74) is -3.53. The van der Waals surface area contributed by atoms with Gasteiger partial charge in [0.25, 0.3) is 11.8 Å². The lowest BCUT2D eigenvalue weighted by molar-refractivity contribution is -0.161. The number of nitrogens with zero attached hydrogens (tertiary/aromatic N) is 6. The first kappa shape index (κ1) is 56.5. The van der Waals surface area contributed by atoms with E-state index in [0.29, 0.717) is 21.8 Å². The first-order valence-electron chi connectivity index (χ1n) is 25.0. The number of para-hydroxylation sites is 2. The Balaban J connectivity index is 1.15. The summed E-state index contributed by atoms with van der Waals surface area (Å²) in [6.07, 6.45) is 0.175. The highest BCUT2D eigenvalue weighted by molar-refractivity contribution is 8.76. The number of cyclic esters (lactones) is 2. The topological polar surface area (TPSA) is 316 Å². The van der Waals surface area contributed by atoms with E-state index >= 15 is 0 Å². The third-order valence-corrected chi connectivity index (χ3v) is 17.5. The van der Waals surface area contributed by atoms with E-state index in [-0.39, 0.29) is 24.3 Å². The molecule has 2 saturated heterocycles. The molecule has 2 bridgehead atoms. The number of fused-ring (bicyclic) bond motifs is 7. The molecule has 4 fully saturated rings. The van der Waals surface area contributed by atoms with Gasteiger partial charge in [0.1, 0.15) is 72.0 Å². The van der Waals surface area contributed by atoms with Crippen LogP contribution in [0.25, 0.3) is 21.8 Å². The second kappa shape index (κ2) is 22.3. The third-order valence-electron chi connectivity index (χ3n) is 15.1. The molecule has 414 valence electrons. The summed E-state index contributed by atoms with van der Waals surface area (Å²) in [7, 11) is 7.47. The van der Waals surface area contributed by atoms with Crippen LogP contribution in [-0.2, 0) is 47.8 Å². The number of benzene rings is 2. The maximum absolute atomic E-state index is 14.9. The third kappa shape index (κ3) is 10.8. The van der Waals surface area contributed by atoms with Crippen molar-refractivity contribution in [3.63, 3.8) is 0 Å². The van der Waals surface area contributed by atoms with Crippen molar-refractivity contribution >= 4 is 103 Å². The number of aromatic hydroxyl groups is 2. The van der Waals surface area contributed by atoms with Gasteiger partial charge >= 0.3 is 11.9 Å². The molecule has 10 atom stereocenters. The minimum Gasteiger partial charge on any atom is -0.505 e. The predicted octanol–water partition coefficient (Wildman–Crippen LogP) is 0.724. The SMILES string of the molecule is CC1NC(=O)C(NC(=O)c2nc3ccccc3cc2O)COC(=O)C2(CC2C)N(C)C(=O)C2CSSCC(C(=O)N(C)C3(CC3C)C(=O)OCC(NC(=O)c3nc4ccccc4cc3O)C(=O)NC(C)C(=O)N2C)N(C)C1=O. The maximum atomic E-state index is 14.9. The fourth-order valence-corrected chi connectivity index (χ4v) is 12.5. The number of nitrogens with one attached hydrogen (secondary N) is 4. The van der Waals surface area contributed by atoms with Crippen LogP contribution < -0.4 is 21.3 Å². The van der Waals surface area contributed by atoms with E-state index in [2.05, 4.69) is 31.2 Å². The van der Waals surface area contributed by atoms with Crippen LogP contribution in [0.15, 0.2) is 60.7 Å². The molecule has 2 saturated carbocycles. The van der Waals surface area contributed by atoms with Crippen LogP contribution in [0, 0.1) is 11.8 Å². The number of carbonyl (C=O) groups is 10. The molecule has 2 aromatic carbocycles.